The Labute approximate surface area is 130 Å². The maximum absolute atomic E-state index is 12.4. The molecule has 0 spiro atoms. The zero-order valence-corrected chi connectivity index (χ0v) is 13.0. The molecule has 1 fully saturated rings. The molecule has 120 valence electrons. The second-order valence-electron chi connectivity index (χ2n) is 6.38. The van der Waals surface area contributed by atoms with Crippen molar-refractivity contribution in [1.29, 1.82) is 0 Å². The lowest BCUT2D eigenvalue weighted by Gasteiger charge is -2.22. The lowest BCUT2D eigenvalue weighted by molar-refractivity contribution is -0.131. The van der Waals surface area contributed by atoms with E-state index in [1.54, 1.807) is 0 Å². The van der Waals surface area contributed by atoms with Gasteiger partial charge in [0.05, 0.1) is 5.60 Å². The number of rotatable bonds is 3. The Kier molecular flexibility index (Phi) is 4.25. The van der Waals surface area contributed by atoms with Crippen molar-refractivity contribution >= 4 is 5.91 Å². The number of aliphatic hydroxyl groups is 1. The van der Waals surface area contributed by atoms with Crippen molar-refractivity contribution in [3.8, 4) is 11.5 Å². The molecule has 5 heteroatoms. The van der Waals surface area contributed by atoms with Crippen molar-refractivity contribution < 1.29 is 19.4 Å². The van der Waals surface area contributed by atoms with Gasteiger partial charge in [0.15, 0.2) is 11.5 Å². The van der Waals surface area contributed by atoms with Crippen LogP contribution in [0.5, 0.6) is 11.5 Å². The van der Waals surface area contributed by atoms with Crippen LogP contribution in [-0.2, 0) is 11.2 Å². The number of ether oxygens (including phenoxy) is 2. The first-order valence-electron chi connectivity index (χ1n) is 7.93. The summed E-state index contributed by atoms with van der Waals surface area (Å²) in [6, 6.07) is 5.79. The van der Waals surface area contributed by atoms with Crippen LogP contribution < -0.4 is 9.47 Å². The molecule has 1 amide bonds. The number of hydrogen-bond acceptors (Lipinski definition) is 4. The highest BCUT2D eigenvalue weighted by Gasteiger charge is 2.27. The average molecular weight is 305 g/mol. The monoisotopic (exact) mass is 305 g/mol. The van der Waals surface area contributed by atoms with Crippen LogP contribution in [0.1, 0.15) is 38.2 Å². The van der Waals surface area contributed by atoms with E-state index >= 15 is 0 Å². The Morgan fingerprint density at radius 1 is 1.32 bits per heavy atom. The highest BCUT2D eigenvalue weighted by Crippen LogP contribution is 2.36. The van der Waals surface area contributed by atoms with Crippen LogP contribution in [0.15, 0.2) is 18.2 Å². The molecule has 1 aromatic rings. The molecule has 2 heterocycles. The fraction of sp³-hybridized carbons (Fsp3) is 0.588. The summed E-state index contributed by atoms with van der Waals surface area (Å²) in [7, 11) is 0. The number of amides is 1. The van der Waals surface area contributed by atoms with Gasteiger partial charge in [-0.25, -0.2) is 0 Å². The zero-order chi connectivity index (χ0) is 15.6. The third kappa shape index (κ3) is 3.35. The third-order valence-corrected chi connectivity index (χ3v) is 4.50. The lowest BCUT2D eigenvalue weighted by atomic mass is 9.98. The minimum atomic E-state index is -0.638. The van der Waals surface area contributed by atoms with Crippen molar-refractivity contribution in [2.24, 2.45) is 0 Å². The molecule has 22 heavy (non-hydrogen) atoms. The van der Waals surface area contributed by atoms with E-state index in [4.69, 9.17) is 9.47 Å². The first-order chi connectivity index (χ1) is 10.6. The highest BCUT2D eigenvalue weighted by molar-refractivity contribution is 5.76. The standard InChI is InChI=1S/C17H23NO4/c1-17(20)8-3-10-18(11-9-17)15(19)7-6-13-4-2-5-14-16(13)22-12-21-14/h2,4-5,20H,3,6-12H2,1H3. The second kappa shape index (κ2) is 6.16. The van der Waals surface area contributed by atoms with Crippen molar-refractivity contribution in [2.45, 2.75) is 44.6 Å². The zero-order valence-electron chi connectivity index (χ0n) is 13.0. The van der Waals surface area contributed by atoms with Gasteiger partial charge in [-0.3, -0.25) is 4.79 Å². The predicted molar refractivity (Wildman–Crippen MR) is 81.9 cm³/mol. The molecule has 3 rings (SSSR count). The molecule has 1 saturated heterocycles. The number of carbonyl (C=O) groups is 1. The Morgan fingerprint density at radius 2 is 2.18 bits per heavy atom. The average Bonchev–Trinajstić information content (AvgIpc) is 2.89. The normalized spacial score (nSPS) is 24.2. The van der Waals surface area contributed by atoms with Gasteiger partial charge in [-0.2, -0.15) is 0 Å². The number of aryl methyl sites for hydroxylation is 1. The van der Waals surface area contributed by atoms with Gasteiger partial charge in [-0.15, -0.1) is 0 Å². The summed E-state index contributed by atoms with van der Waals surface area (Å²) in [5.41, 5.74) is 0.380. The number of fused-ring (bicyclic) bond motifs is 1. The summed E-state index contributed by atoms with van der Waals surface area (Å²) in [4.78, 5) is 14.3. The quantitative estimate of drug-likeness (QED) is 0.929. The molecule has 1 N–H and O–H groups in total. The van der Waals surface area contributed by atoms with Crippen LogP contribution in [0.4, 0.5) is 0 Å². The van der Waals surface area contributed by atoms with Gasteiger partial charge in [0.1, 0.15) is 0 Å². The lowest BCUT2D eigenvalue weighted by Crippen LogP contribution is -2.33. The van der Waals surface area contributed by atoms with Gasteiger partial charge in [0.2, 0.25) is 12.7 Å². The van der Waals surface area contributed by atoms with E-state index in [1.165, 1.54) is 0 Å². The summed E-state index contributed by atoms with van der Waals surface area (Å²) in [5.74, 6) is 1.68. The Balaban J connectivity index is 1.58. The van der Waals surface area contributed by atoms with Gasteiger partial charge in [0.25, 0.3) is 0 Å². The first-order valence-corrected chi connectivity index (χ1v) is 7.93. The molecule has 5 nitrogen and oxygen atoms in total. The van der Waals surface area contributed by atoms with Crippen LogP contribution in [0.3, 0.4) is 0 Å². The van der Waals surface area contributed by atoms with E-state index in [9.17, 15) is 9.90 Å². The molecule has 1 unspecified atom stereocenters. The topological polar surface area (TPSA) is 59.0 Å². The second-order valence-corrected chi connectivity index (χ2v) is 6.38. The largest absolute Gasteiger partial charge is 0.454 e. The minimum absolute atomic E-state index is 0.147. The van der Waals surface area contributed by atoms with E-state index in [0.717, 1.165) is 36.4 Å². The highest BCUT2D eigenvalue weighted by atomic mass is 16.7. The van der Waals surface area contributed by atoms with E-state index < -0.39 is 5.60 Å². The van der Waals surface area contributed by atoms with E-state index in [0.29, 0.717) is 25.8 Å². The molecule has 1 atom stereocenters. The summed E-state index contributed by atoms with van der Waals surface area (Å²) < 4.78 is 10.8. The third-order valence-electron chi connectivity index (χ3n) is 4.50. The van der Waals surface area contributed by atoms with Gasteiger partial charge in [-0.05, 0) is 44.2 Å². The van der Waals surface area contributed by atoms with Crippen LogP contribution in [0.2, 0.25) is 0 Å². The number of hydrogen-bond donors (Lipinski definition) is 1. The van der Waals surface area contributed by atoms with E-state index in [-0.39, 0.29) is 12.7 Å². The fourth-order valence-corrected chi connectivity index (χ4v) is 3.10. The fourth-order valence-electron chi connectivity index (χ4n) is 3.10. The van der Waals surface area contributed by atoms with Crippen LogP contribution in [0, 0.1) is 0 Å². The number of carbonyl (C=O) groups excluding carboxylic acids is 1. The number of benzene rings is 1. The molecular weight excluding hydrogens is 282 g/mol. The van der Waals surface area contributed by atoms with Crippen molar-refractivity contribution in [3.05, 3.63) is 23.8 Å². The molecule has 0 saturated carbocycles. The molecule has 0 aromatic heterocycles. The van der Waals surface area contributed by atoms with Gasteiger partial charge < -0.3 is 19.5 Å². The van der Waals surface area contributed by atoms with Crippen LogP contribution in [0.25, 0.3) is 0 Å². The first kappa shape index (κ1) is 15.2. The molecule has 2 aliphatic heterocycles. The minimum Gasteiger partial charge on any atom is -0.454 e. The smallest absolute Gasteiger partial charge is 0.231 e. The van der Waals surface area contributed by atoms with Gasteiger partial charge in [0, 0.05) is 19.5 Å². The summed E-state index contributed by atoms with van der Waals surface area (Å²) in [5, 5.41) is 10.1. The Hall–Kier alpha value is -1.75. The summed E-state index contributed by atoms with van der Waals surface area (Å²) in [6.45, 7) is 3.48. The van der Waals surface area contributed by atoms with Crippen molar-refractivity contribution in [1.82, 2.24) is 4.90 Å². The van der Waals surface area contributed by atoms with E-state index in [1.807, 2.05) is 30.0 Å². The number of para-hydroxylation sites is 1. The molecule has 0 aliphatic carbocycles. The van der Waals surface area contributed by atoms with Gasteiger partial charge in [-0.1, -0.05) is 12.1 Å². The van der Waals surface area contributed by atoms with Crippen LogP contribution in [-0.4, -0.2) is 41.4 Å². The van der Waals surface area contributed by atoms with Crippen LogP contribution >= 0.6 is 0 Å². The Morgan fingerprint density at radius 3 is 3.05 bits per heavy atom. The Bertz CT molecular complexity index is 556. The summed E-state index contributed by atoms with van der Waals surface area (Å²) in [6.07, 6.45) is 3.38. The van der Waals surface area contributed by atoms with Gasteiger partial charge >= 0.3 is 0 Å². The SMILES string of the molecule is CC1(O)CCCN(C(=O)CCc2cccc3c2OCO3)CC1. The predicted octanol–water partition coefficient (Wildman–Crippen LogP) is 2.11. The summed E-state index contributed by atoms with van der Waals surface area (Å²) >= 11 is 0. The molecular formula is C17H23NO4. The molecule has 1 aromatic carbocycles. The molecule has 0 radical (unpaired) electrons. The van der Waals surface area contributed by atoms with Crippen molar-refractivity contribution in [3.63, 3.8) is 0 Å². The maximum atomic E-state index is 12.4. The maximum Gasteiger partial charge on any atom is 0.231 e. The number of likely N-dealkylation sites (tertiary alicyclic amines) is 1. The van der Waals surface area contributed by atoms with Crippen molar-refractivity contribution in [2.75, 3.05) is 19.9 Å². The number of nitrogens with zero attached hydrogens (tertiary/aromatic N) is 1. The molecule has 2 aliphatic rings. The van der Waals surface area contributed by atoms with E-state index in [2.05, 4.69) is 0 Å². The molecule has 0 bridgehead atoms.